The van der Waals surface area contributed by atoms with Gasteiger partial charge in [-0.3, -0.25) is 4.79 Å². The third kappa shape index (κ3) is 3.15. The Balaban J connectivity index is 2.06. The van der Waals surface area contributed by atoms with Crippen LogP contribution >= 0.6 is 0 Å². The Morgan fingerprint density at radius 1 is 1.60 bits per heavy atom. The number of amides is 1. The van der Waals surface area contributed by atoms with E-state index in [1.165, 1.54) is 6.20 Å². The molecule has 1 aliphatic heterocycles. The molecule has 20 heavy (non-hydrogen) atoms. The predicted octanol–water partition coefficient (Wildman–Crippen LogP) is 0.644. The van der Waals surface area contributed by atoms with Crippen molar-refractivity contribution in [1.82, 2.24) is 15.3 Å². The first-order chi connectivity index (χ1) is 9.51. The van der Waals surface area contributed by atoms with Gasteiger partial charge in [-0.05, 0) is 12.3 Å². The molecule has 7 heteroatoms. The predicted molar refractivity (Wildman–Crippen MR) is 75.3 cm³/mol. The van der Waals surface area contributed by atoms with Crippen molar-refractivity contribution in [3.8, 4) is 0 Å². The number of hydrogen-bond acceptors (Lipinski definition) is 5. The molecule has 1 aromatic heterocycles. The van der Waals surface area contributed by atoms with Crippen LogP contribution in [0.25, 0.3) is 0 Å². The first-order valence-corrected chi connectivity index (χ1v) is 6.66. The van der Waals surface area contributed by atoms with Crippen molar-refractivity contribution in [3.63, 3.8) is 0 Å². The standard InChI is InChI=1S/C13H20FN5O/c1-15-11(20)6-9-4-5-19(8-9)13-16-7-10(14)12(17-13)18(2)3/h7,9H,4-6,8H2,1-3H3,(H,15,20). The third-order valence-corrected chi connectivity index (χ3v) is 3.46. The lowest BCUT2D eigenvalue weighted by molar-refractivity contribution is -0.121. The van der Waals surface area contributed by atoms with Crippen molar-refractivity contribution in [2.75, 3.05) is 44.0 Å². The minimum atomic E-state index is -0.431. The molecule has 0 bridgehead atoms. The first kappa shape index (κ1) is 14.5. The second kappa shape index (κ2) is 6.02. The highest BCUT2D eigenvalue weighted by Gasteiger charge is 2.26. The van der Waals surface area contributed by atoms with Crippen molar-refractivity contribution < 1.29 is 9.18 Å². The Kier molecular flexibility index (Phi) is 4.36. The number of anilines is 2. The second-order valence-corrected chi connectivity index (χ2v) is 5.21. The van der Waals surface area contributed by atoms with Gasteiger partial charge in [-0.2, -0.15) is 4.98 Å². The molecule has 6 nitrogen and oxygen atoms in total. The lowest BCUT2D eigenvalue weighted by Gasteiger charge is -2.19. The monoisotopic (exact) mass is 281 g/mol. The summed E-state index contributed by atoms with van der Waals surface area (Å²) in [7, 11) is 5.13. The zero-order valence-electron chi connectivity index (χ0n) is 12.1. The van der Waals surface area contributed by atoms with E-state index in [4.69, 9.17) is 0 Å². The van der Waals surface area contributed by atoms with Crippen molar-refractivity contribution >= 4 is 17.7 Å². The largest absolute Gasteiger partial charge is 0.360 e. The maximum atomic E-state index is 13.6. The van der Waals surface area contributed by atoms with Gasteiger partial charge < -0.3 is 15.1 Å². The fraction of sp³-hybridized carbons (Fsp3) is 0.615. The molecule has 1 fully saturated rings. The van der Waals surface area contributed by atoms with Crippen LogP contribution in [-0.4, -0.2) is 50.1 Å². The van der Waals surface area contributed by atoms with Gasteiger partial charge in [-0.25, -0.2) is 9.37 Å². The van der Waals surface area contributed by atoms with E-state index in [0.717, 1.165) is 19.5 Å². The van der Waals surface area contributed by atoms with E-state index >= 15 is 0 Å². The molecule has 0 saturated carbocycles. The number of nitrogens with zero attached hydrogens (tertiary/aromatic N) is 4. The summed E-state index contributed by atoms with van der Waals surface area (Å²) in [6, 6.07) is 0. The van der Waals surface area contributed by atoms with Crippen LogP contribution in [0.4, 0.5) is 16.2 Å². The van der Waals surface area contributed by atoms with Crippen LogP contribution in [0.3, 0.4) is 0 Å². The third-order valence-electron chi connectivity index (χ3n) is 3.46. The topological polar surface area (TPSA) is 61.4 Å². The van der Waals surface area contributed by atoms with Crippen LogP contribution in [-0.2, 0) is 4.79 Å². The lowest BCUT2D eigenvalue weighted by Crippen LogP contribution is -2.26. The van der Waals surface area contributed by atoms with E-state index in [1.54, 1.807) is 26.0 Å². The van der Waals surface area contributed by atoms with Gasteiger partial charge in [0, 0.05) is 40.7 Å². The number of halogens is 1. The summed E-state index contributed by atoms with van der Waals surface area (Å²) in [5, 5.41) is 2.63. The molecule has 1 amide bonds. The minimum Gasteiger partial charge on any atom is -0.360 e. The number of carbonyl (C=O) groups excluding carboxylic acids is 1. The molecule has 110 valence electrons. The highest BCUT2D eigenvalue weighted by Crippen LogP contribution is 2.25. The molecule has 0 aromatic carbocycles. The molecule has 1 unspecified atom stereocenters. The Bertz CT molecular complexity index is 494. The fourth-order valence-corrected chi connectivity index (χ4v) is 2.36. The number of rotatable bonds is 4. The van der Waals surface area contributed by atoms with Crippen LogP contribution in [0.15, 0.2) is 6.20 Å². The normalized spacial score (nSPS) is 18.2. The van der Waals surface area contributed by atoms with E-state index in [0.29, 0.717) is 18.3 Å². The molecule has 0 radical (unpaired) electrons. The molecule has 1 atom stereocenters. The number of aromatic nitrogens is 2. The van der Waals surface area contributed by atoms with Gasteiger partial charge >= 0.3 is 0 Å². The van der Waals surface area contributed by atoms with Crippen molar-refractivity contribution in [2.24, 2.45) is 5.92 Å². The number of nitrogens with one attached hydrogen (secondary N) is 1. The number of carbonyl (C=O) groups is 1. The van der Waals surface area contributed by atoms with E-state index in [-0.39, 0.29) is 11.7 Å². The second-order valence-electron chi connectivity index (χ2n) is 5.21. The van der Waals surface area contributed by atoms with Crippen LogP contribution in [0.1, 0.15) is 12.8 Å². The lowest BCUT2D eigenvalue weighted by atomic mass is 10.1. The van der Waals surface area contributed by atoms with Gasteiger partial charge in [-0.15, -0.1) is 0 Å². The molecule has 1 N–H and O–H groups in total. The minimum absolute atomic E-state index is 0.0471. The Morgan fingerprint density at radius 2 is 2.35 bits per heavy atom. The van der Waals surface area contributed by atoms with Gasteiger partial charge in [-0.1, -0.05) is 0 Å². The van der Waals surface area contributed by atoms with Gasteiger partial charge in [0.1, 0.15) is 0 Å². The summed E-state index contributed by atoms with van der Waals surface area (Å²) in [5.74, 6) is 0.719. The van der Waals surface area contributed by atoms with Crippen molar-refractivity contribution in [1.29, 1.82) is 0 Å². The molecular formula is C13H20FN5O. The van der Waals surface area contributed by atoms with Gasteiger partial charge in [0.15, 0.2) is 11.6 Å². The Hall–Kier alpha value is -1.92. The summed E-state index contributed by atoms with van der Waals surface area (Å²) in [6.45, 7) is 1.52. The quantitative estimate of drug-likeness (QED) is 0.878. The average Bonchev–Trinajstić information content (AvgIpc) is 2.87. The highest BCUT2D eigenvalue weighted by atomic mass is 19.1. The molecular weight excluding hydrogens is 261 g/mol. The summed E-state index contributed by atoms with van der Waals surface area (Å²) in [6.07, 6.45) is 2.63. The molecule has 0 spiro atoms. The van der Waals surface area contributed by atoms with E-state index < -0.39 is 5.82 Å². The smallest absolute Gasteiger partial charge is 0.227 e. The molecule has 1 aliphatic rings. The van der Waals surface area contributed by atoms with Gasteiger partial charge in [0.25, 0.3) is 0 Å². The zero-order valence-corrected chi connectivity index (χ0v) is 12.1. The maximum Gasteiger partial charge on any atom is 0.227 e. The van der Waals surface area contributed by atoms with Crippen LogP contribution in [0.2, 0.25) is 0 Å². The van der Waals surface area contributed by atoms with E-state index in [2.05, 4.69) is 15.3 Å². The van der Waals surface area contributed by atoms with Gasteiger partial charge in [0.05, 0.1) is 6.20 Å². The Labute approximate surface area is 118 Å². The van der Waals surface area contributed by atoms with Gasteiger partial charge in [0.2, 0.25) is 11.9 Å². The molecule has 0 aliphatic carbocycles. The van der Waals surface area contributed by atoms with Crippen LogP contribution < -0.4 is 15.1 Å². The van der Waals surface area contributed by atoms with Crippen molar-refractivity contribution in [2.45, 2.75) is 12.8 Å². The molecule has 2 rings (SSSR count). The average molecular weight is 281 g/mol. The Morgan fingerprint density at radius 3 is 3.00 bits per heavy atom. The van der Waals surface area contributed by atoms with Crippen LogP contribution in [0.5, 0.6) is 0 Å². The molecule has 1 saturated heterocycles. The van der Waals surface area contributed by atoms with Crippen LogP contribution in [0, 0.1) is 11.7 Å². The molecule has 2 heterocycles. The SMILES string of the molecule is CNC(=O)CC1CCN(c2ncc(F)c(N(C)C)n2)C1. The van der Waals surface area contributed by atoms with Crippen molar-refractivity contribution in [3.05, 3.63) is 12.0 Å². The highest BCUT2D eigenvalue weighted by molar-refractivity contribution is 5.75. The summed E-state index contributed by atoms with van der Waals surface area (Å²) < 4.78 is 13.6. The first-order valence-electron chi connectivity index (χ1n) is 6.66. The summed E-state index contributed by atoms with van der Waals surface area (Å²) >= 11 is 0. The summed E-state index contributed by atoms with van der Waals surface area (Å²) in [5.41, 5.74) is 0. The van der Waals surface area contributed by atoms with E-state index in [9.17, 15) is 9.18 Å². The number of hydrogen-bond donors (Lipinski definition) is 1. The van der Waals surface area contributed by atoms with E-state index in [1.807, 2.05) is 4.90 Å². The molecule has 1 aromatic rings. The maximum absolute atomic E-state index is 13.6. The zero-order chi connectivity index (χ0) is 14.7. The fourth-order valence-electron chi connectivity index (χ4n) is 2.36. The summed E-state index contributed by atoms with van der Waals surface area (Å²) in [4.78, 5) is 23.3.